The first-order valence-corrected chi connectivity index (χ1v) is 9.84. The monoisotopic (exact) mass is 465 g/mol. The molecular weight excluding hydrogens is 449 g/mol. The van der Waals surface area contributed by atoms with Crippen molar-refractivity contribution in [3.05, 3.63) is 86.3 Å². The van der Waals surface area contributed by atoms with Gasteiger partial charge in [0.25, 0.3) is 0 Å². The smallest absolute Gasteiger partial charge is 0.175 e. The quantitative estimate of drug-likeness (QED) is 0.408. The molecular formula is C21H18BrCl2NO2. The van der Waals surface area contributed by atoms with Gasteiger partial charge in [0.15, 0.2) is 11.5 Å². The van der Waals surface area contributed by atoms with Crippen LogP contribution in [0.1, 0.15) is 11.1 Å². The Morgan fingerprint density at radius 2 is 1.78 bits per heavy atom. The lowest BCUT2D eigenvalue weighted by atomic mass is 10.2. The molecule has 0 aromatic heterocycles. The summed E-state index contributed by atoms with van der Waals surface area (Å²) in [5.74, 6) is 1.31. The van der Waals surface area contributed by atoms with Crippen LogP contribution in [0.4, 0.5) is 5.69 Å². The molecule has 0 bridgehead atoms. The highest BCUT2D eigenvalue weighted by atomic mass is 79.9. The number of halogens is 3. The first-order valence-electron chi connectivity index (χ1n) is 8.29. The van der Waals surface area contributed by atoms with Gasteiger partial charge in [0, 0.05) is 11.6 Å². The summed E-state index contributed by atoms with van der Waals surface area (Å²) in [6.45, 7) is 1.00. The van der Waals surface area contributed by atoms with Crippen molar-refractivity contribution in [2.24, 2.45) is 0 Å². The molecule has 3 aromatic carbocycles. The van der Waals surface area contributed by atoms with Crippen molar-refractivity contribution in [1.29, 1.82) is 0 Å². The standard InChI is InChI=1S/C21H18BrCl2NO2/c1-26-20-11-15(12-25-19-8-3-2-7-18(19)24)10-17(22)21(20)27-13-14-5-4-6-16(23)9-14/h2-11,25H,12-13H2,1H3. The van der Waals surface area contributed by atoms with Gasteiger partial charge in [0.2, 0.25) is 0 Å². The third-order valence-corrected chi connectivity index (χ3v) is 5.07. The second kappa shape index (κ2) is 9.36. The molecule has 27 heavy (non-hydrogen) atoms. The molecule has 1 N–H and O–H groups in total. The number of hydrogen-bond acceptors (Lipinski definition) is 3. The zero-order chi connectivity index (χ0) is 19.2. The average molecular weight is 467 g/mol. The molecule has 0 saturated carbocycles. The van der Waals surface area contributed by atoms with E-state index in [0.717, 1.165) is 21.3 Å². The molecule has 0 aliphatic rings. The Labute approximate surface area is 177 Å². The SMILES string of the molecule is COc1cc(CNc2ccccc2Cl)cc(Br)c1OCc1cccc(Cl)c1. The second-order valence-corrected chi connectivity index (χ2v) is 7.56. The fourth-order valence-corrected chi connectivity index (χ4v) is 3.62. The van der Waals surface area contributed by atoms with Crippen LogP contribution in [0.5, 0.6) is 11.5 Å². The molecule has 3 nitrogen and oxygen atoms in total. The summed E-state index contributed by atoms with van der Waals surface area (Å²) in [5, 5.41) is 4.70. The Morgan fingerprint density at radius 3 is 2.52 bits per heavy atom. The van der Waals surface area contributed by atoms with Gasteiger partial charge in [-0.25, -0.2) is 0 Å². The molecule has 3 rings (SSSR count). The summed E-state index contributed by atoms with van der Waals surface area (Å²) in [6.07, 6.45) is 0. The number of hydrogen-bond donors (Lipinski definition) is 1. The van der Waals surface area contributed by atoms with Crippen LogP contribution in [0.2, 0.25) is 10.0 Å². The number of para-hydroxylation sites is 1. The summed E-state index contributed by atoms with van der Waals surface area (Å²) in [4.78, 5) is 0. The molecule has 0 unspecified atom stereocenters. The van der Waals surface area contributed by atoms with E-state index in [2.05, 4.69) is 21.2 Å². The summed E-state index contributed by atoms with van der Waals surface area (Å²) >= 11 is 15.8. The predicted octanol–water partition coefficient (Wildman–Crippen LogP) is 6.96. The van der Waals surface area contributed by atoms with Gasteiger partial charge in [-0.05, 0) is 63.5 Å². The minimum Gasteiger partial charge on any atom is -0.493 e. The highest BCUT2D eigenvalue weighted by Gasteiger charge is 2.12. The van der Waals surface area contributed by atoms with Crippen LogP contribution in [0.3, 0.4) is 0 Å². The van der Waals surface area contributed by atoms with Crippen molar-refractivity contribution >= 4 is 44.8 Å². The average Bonchev–Trinajstić information content (AvgIpc) is 2.66. The lowest BCUT2D eigenvalue weighted by molar-refractivity contribution is 0.282. The van der Waals surface area contributed by atoms with E-state index in [1.807, 2.05) is 60.7 Å². The summed E-state index contributed by atoms with van der Waals surface area (Å²) in [5.41, 5.74) is 2.91. The maximum Gasteiger partial charge on any atom is 0.175 e. The predicted molar refractivity (Wildman–Crippen MR) is 115 cm³/mol. The summed E-state index contributed by atoms with van der Waals surface area (Å²) < 4.78 is 12.3. The molecule has 140 valence electrons. The van der Waals surface area contributed by atoms with Crippen LogP contribution >= 0.6 is 39.1 Å². The van der Waals surface area contributed by atoms with Crippen LogP contribution in [0.15, 0.2) is 65.1 Å². The second-order valence-electron chi connectivity index (χ2n) is 5.86. The van der Waals surface area contributed by atoms with Gasteiger partial charge >= 0.3 is 0 Å². The highest BCUT2D eigenvalue weighted by Crippen LogP contribution is 2.37. The zero-order valence-electron chi connectivity index (χ0n) is 14.6. The lowest BCUT2D eigenvalue weighted by Gasteiger charge is -2.15. The third kappa shape index (κ3) is 5.32. The fraction of sp³-hybridized carbons (Fsp3) is 0.143. The molecule has 0 aliphatic heterocycles. The van der Waals surface area contributed by atoms with Gasteiger partial charge < -0.3 is 14.8 Å². The van der Waals surface area contributed by atoms with Gasteiger partial charge in [0.05, 0.1) is 22.3 Å². The van der Waals surface area contributed by atoms with Crippen molar-refractivity contribution in [3.63, 3.8) is 0 Å². The van der Waals surface area contributed by atoms with E-state index in [9.17, 15) is 0 Å². The fourth-order valence-electron chi connectivity index (χ4n) is 2.60. The maximum absolute atomic E-state index is 6.19. The molecule has 0 aliphatic carbocycles. The van der Waals surface area contributed by atoms with E-state index in [1.54, 1.807) is 7.11 Å². The van der Waals surface area contributed by atoms with Gasteiger partial charge in [-0.3, -0.25) is 0 Å². The molecule has 0 atom stereocenters. The molecule has 0 saturated heterocycles. The van der Waals surface area contributed by atoms with Crippen LogP contribution in [0, 0.1) is 0 Å². The molecule has 3 aromatic rings. The molecule has 0 fully saturated rings. The van der Waals surface area contributed by atoms with E-state index in [1.165, 1.54) is 0 Å². The van der Waals surface area contributed by atoms with Gasteiger partial charge in [-0.2, -0.15) is 0 Å². The van der Waals surface area contributed by atoms with Crippen molar-refractivity contribution in [2.75, 3.05) is 12.4 Å². The zero-order valence-corrected chi connectivity index (χ0v) is 17.7. The molecule has 0 amide bonds. The third-order valence-electron chi connectivity index (χ3n) is 3.92. The van der Waals surface area contributed by atoms with Gasteiger partial charge in [0.1, 0.15) is 6.61 Å². The Kier molecular flexibility index (Phi) is 6.89. The normalized spacial score (nSPS) is 10.5. The van der Waals surface area contributed by atoms with Gasteiger partial charge in [-0.1, -0.05) is 47.5 Å². The Bertz CT molecular complexity index is 934. The highest BCUT2D eigenvalue weighted by molar-refractivity contribution is 9.10. The van der Waals surface area contributed by atoms with Crippen molar-refractivity contribution < 1.29 is 9.47 Å². The van der Waals surface area contributed by atoms with Crippen LogP contribution in [-0.2, 0) is 13.2 Å². The van der Waals surface area contributed by atoms with Crippen LogP contribution in [0.25, 0.3) is 0 Å². The number of ether oxygens (including phenoxy) is 2. The van der Waals surface area contributed by atoms with Crippen molar-refractivity contribution in [2.45, 2.75) is 13.2 Å². The van der Waals surface area contributed by atoms with Crippen LogP contribution < -0.4 is 14.8 Å². The van der Waals surface area contributed by atoms with Gasteiger partial charge in [-0.15, -0.1) is 0 Å². The van der Waals surface area contributed by atoms with Crippen LogP contribution in [-0.4, -0.2) is 7.11 Å². The first-order chi connectivity index (χ1) is 13.1. The Hall–Kier alpha value is -1.88. The molecule has 0 spiro atoms. The molecule has 6 heteroatoms. The Morgan fingerprint density at radius 1 is 0.963 bits per heavy atom. The number of rotatable bonds is 7. The molecule has 0 radical (unpaired) electrons. The summed E-state index contributed by atoms with van der Waals surface area (Å²) in [7, 11) is 1.62. The number of anilines is 1. The van der Waals surface area contributed by atoms with E-state index < -0.39 is 0 Å². The maximum atomic E-state index is 6.19. The molecule has 0 heterocycles. The lowest BCUT2D eigenvalue weighted by Crippen LogP contribution is -2.03. The Balaban J connectivity index is 1.73. The minimum absolute atomic E-state index is 0.396. The summed E-state index contributed by atoms with van der Waals surface area (Å²) in [6, 6.07) is 19.2. The number of nitrogens with one attached hydrogen (secondary N) is 1. The topological polar surface area (TPSA) is 30.5 Å². The van der Waals surface area contributed by atoms with E-state index in [0.29, 0.717) is 34.7 Å². The van der Waals surface area contributed by atoms with E-state index in [4.69, 9.17) is 32.7 Å². The van der Waals surface area contributed by atoms with E-state index >= 15 is 0 Å². The minimum atomic E-state index is 0.396. The first kappa shape index (κ1) is 19.9. The van der Waals surface area contributed by atoms with E-state index in [-0.39, 0.29) is 0 Å². The van der Waals surface area contributed by atoms with Crippen molar-refractivity contribution in [3.8, 4) is 11.5 Å². The largest absolute Gasteiger partial charge is 0.493 e. The number of methoxy groups -OCH3 is 1. The number of benzene rings is 3. The van der Waals surface area contributed by atoms with Crippen molar-refractivity contribution in [1.82, 2.24) is 0 Å².